The lowest BCUT2D eigenvalue weighted by Gasteiger charge is -2.63. The van der Waals surface area contributed by atoms with E-state index >= 15 is 4.79 Å². The number of nitrogens with zero attached hydrogens (tertiary/aromatic N) is 4. The van der Waals surface area contributed by atoms with Gasteiger partial charge in [0.15, 0.2) is 6.10 Å². The van der Waals surface area contributed by atoms with E-state index in [1.165, 1.54) is 26.7 Å². The summed E-state index contributed by atoms with van der Waals surface area (Å²) in [5.74, 6) is -1.27. The minimum atomic E-state index is -2.27. The standard InChI is InChI=1S/C46H56N4O8/c1-8-41-16-12-20-49-22-18-43(35(41)49)28-14-10-11-15-31(28)47-34(43)45(26-41,39(52)56-6)30-24-29-32(25-33(30)55-5)48(4)37-44(29)19-23-50-21-13-17-42(9-2,36(44)50)38(58-27(3)51)46(37,54)40(53)57-7/h10-11,13-15,17,24-25,35-38,54H,8-9,12,16,18-23,26H2,1-7H3/t35-,36-,37+,38+,41+,42+,43-,44+,45+,46-/m0/s1. The number of carbonyl (C=O) groups excluding carboxylic acids is 3. The van der Waals surface area contributed by atoms with Crippen LogP contribution in [-0.4, -0.2) is 123 Å². The van der Waals surface area contributed by atoms with Crippen molar-refractivity contribution in [1.82, 2.24) is 9.80 Å². The maximum atomic E-state index is 15.4. The van der Waals surface area contributed by atoms with Crippen molar-refractivity contribution in [2.45, 2.75) is 112 Å². The smallest absolute Gasteiger partial charge is 0.344 e. The number of aliphatic hydroxyl groups is 1. The molecule has 308 valence electrons. The third kappa shape index (κ3) is 4.08. The Balaban J connectivity index is 1.29. The number of hydrogen-bond donors (Lipinski definition) is 1. The summed E-state index contributed by atoms with van der Waals surface area (Å²) in [6.07, 6.45) is 8.28. The van der Waals surface area contributed by atoms with Crippen molar-refractivity contribution < 1.29 is 38.4 Å². The molecule has 58 heavy (non-hydrogen) atoms. The number of aliphatic imine (C=N–C) groups is 1. The van der Waals surface area contributed by atoms with Gasteiger partial charge < -0.3 is 29.0 Å². The lowest BCUT2D eigenvalue weighted by Crippen LogP contribution is -2.81. The van der Waals surface area contributed by atoms with Crippen LogP contribution in [0.2, 0.25) is 0 Å². The number of anilines is 1. The van der Waals surface area contributed by atoms with Gasteiger partial charge >= 0.3 is 17.9 Å². The highest BCUT2D eigenvalue weighted by molar-refractivity contribution is 6.21. The molecule has 12 nitrogen and oxygen atoms in total. The van der Waals surface area contributed by atoms with E-state index in [9.17, 15) is 14.7 Å². The first-order valence-electron chi connectivity index (χ1n) is 21.2. The van der Waals surface area contributed by atoms with E-state index in [0.717, 1.165) is 61.4 Å². The fourth-order valence-electron chi connectivity index (χ4n) is 15.2. The molecular formula is C46H56N4O8. The normalized spacial score (nSPS) is 40.1. The highest BCUT2D eigenvalue weighted by Gasteiger charge is 2.81. The van der Waals surface area contributed by atoms with Gasteiger partial charge in [0.1, 0.15) is 11.2 Å². The Bertz CT molecular complexity index is 2210. The molecule has 2 spiro atoms. The summed E-state index contributed by atoms with van der Waals surface area (Å²) < 4.78 is 24.1. The number of hydrogen-bond acceptors (Lipinski definition) is 12. The maximum Gasteiger partial charge on any atom is 0.344 e. The molecule has 3 saturated heterocycles. The number of fused-ring (bicyclic) bond motifs is 2. The van der Waals surface area contributed by atoms with Gasteiger partial charge in [0.05, 0.1) is 44.2 Å². The Labute approximate surface area is 340 Å². The van der Waals surface area contributed by atoms with Crippen molar-refractivity contribution in [2.24, 2.45) is 15.8 Å². The summed E-state index contributed by atoms with van der Waals surface area (Å²) in [6, 6.07) is 11.6. The monoisotopic (exact) mass is 792 g/mol. The van der Waals surface area contributed by atoms with Gasteiger partial charge in [0.2, 0.25) is 5.60 Å². The molecule has 6 aliphatic heterocycles. The molecule has 1 N–H and O–H groups in total. The van der Waals surface area contributed by atoms with Crippen LogP contribution in [0.3, 0.4) is 0 Å². The summed E-state index contributed by atoms with van der Waals surface area (Å²) in [6.45, 7) is 8.95. The van der Waals surface area contributed by atoms with Crippen LogP contribution < -0.4 is 9.64 Å². The number of para-hydroxylation sites is 1. The van der Waals surface area contributed by atoms with Gasteiger partial charge in [0, 0.05) is 60.7 Å². The van der Waals surface area contributed by atoms with Gasteiger partial charge in [-0.3, -0.25) is 24.4 Å². The number of likely N-dealkylation sites (N-methyl/N-ethyl adjacent to an activating group) is 1. The molecule has 8 aliphatic rings. The Kier molecular flexibility index (Phi) is 8.11. The van der Waals surface area contributed by atoms with E-state index in [1.807, 2.05) is 31.0 Å². The van der Waals surface area contributed by atoms with E-state index in [0.29, 0.717) is 43.7 Å². The van der Waals surface area contributed by atoms with Crippen molar-refractivity contribution in [3.8, 4) is 5.75 Å². The van der Waals surface area contributed by atoms with Gasteiger partial charge in [-0.15, -0.1) is 0 Å². The van der Waals surface area contributed by atoms with Crippen molar-refractivity contribution in [3.05, 3.63) is 65.2 Å². The van der Waals surface area contributed by atoms with Gasteiger partial charge in [0.25, 0.3) is 0 Å². The number of methoxy groups -OCH3 is 3. The molecule has 6 heterocycles. The van der Waals surface area contributed by atoms with Gasteiger partial charge in [-0.25, -0.2) is 4.79 Å². The third-order valence-corrected chi connectivity index (χ3v) is 16.8. The minimum absolute atomic E-state index is 0.183. The lowest BCUT2D eigenvalue weighted by molar-refractivity contribution is -0.228. The first kappa shape index (κ1) is 38.0. The highest BCUT2D eigenvalue weighted by Crippen LogP contribution is 2.71. The second-order valence-corrected chi connectivity index (χ2v) is 18.5. The molecule has 2 aromatic carbocycles. The topological polar surface area (TPSA) is 130 Å². The van der Waals surface area contributed by atoms with Crippen molar-refractivity contribution in [1.29, 1.82) is 0 Å². The van der Waals surface area contributed by atoms with Crippen LogP contribution in [0.1, 0.15) is 82.4 Å². The van der Waals surface area contributed by atoms with Crippen LogP contribution in [-0.2, 0) is 44.8 Å². The fourth-order valence-corrected chi connectivity index (χ4v) is 15.2. The molecule has 0 amide bonds. The molecule has 0 aromatic heterocycles. The average Bonchev–Trinajstić information content (AvgIpc) is 3.99. The second kappa shape index (κ2) is 12.4. The number of carbonyl (C=O) groups is 3. The number of ether oxygens (including phenoxy) is 4. The molecule has 5 fully saturated rings. The third-order valence-electron chi connectivity index (χ3n) is 16.8. The zero-order valence-corrected chi connectivity index (χ0v) is 34.8. The molecule has 2 aromatic rings. The first-order chi connectivity index (χ1) is 27.9. The van der Waals surface area contributed by atoms with Gasteiger partial charge in [-0.1, -0.05) is 44.2 Å². The summed E-state index contributed by atoms with van der Waals surface area (Å²) in [5.41, 5.74) is -0.799. The number of esters is 3. The zero-order chi connectivity index (χ0) is 40.8. The Hall–Kier alpha value is -4.26. The highest BCUT2D eigenvalue weighted by atomic mass is 16.6. The van der Waals surface area contributed by atoms with Crippen LogP contribution in [0.5, 0.6) is 5.75 Å². The molecule has 12 heteroatoms. The van der Waals surface area contributed by atoms with E-state index in [-0.39, 0.29) is 23.5 Å². The Morgan fingerprint density at radius 2 is 1.64 bits per heavy atom. The maximum absolute atomic E-state index is 15.4. The predicted octanol–water partition coefficient (Wildman–Crippen LogP) is 4.74. The van der Waals surface area contributed by atoms with Crippen LogP contribution in [0.25, 0.3) is 0 Å². The van der Waals surface area contributed by atoms with E-state index in [2.05, 4.69) is 53.1 Å². The van der Waals surface area contributed by atoms with Crippen molar-refractivity contribution >= 4 is 35.0 Å². The zero-order valence-electron chi connectivity index (χ0n) is 34.8. The van der Waals surface area contributed by atoms with E-state index in [4.69, 9.17) is 23.9 Å². The van der Waals surface area contributed by atoms with Crippen LogP contribution in [0.4, 0.5) is 11.4 Å². The molecular weight excluding hydrogens is 737 g/mol. The summed E-state index contributed by atoms with van der Waals surface area (Å²) in [5, 5.41) is 13.3. The fraction of sp³-hybridized carbons (Fsp3) is 0.609. The SMILES string of the molecule is CC[C@@]12CCCN3CC[C@]4(C(=Nc5ccccc54)[C@](C(=O)OC)(c4cc5c(cc4OC)N(C)[C@H]4[C@@](O)(C(=O)OC)[C@H](OC(C)=O)[C@]6(CC)C=CCN7CC[C@]54[C@@H]76)C1)[C@@H]32. The number of piperidine rings is 1. The molecule has 10 atom stereocenters. The van der Waals surface area contributed by atoms with Gasteiger partial charge in [-0.05, 0) is 93.3 Å². The first-order valence-corrected chi connectivity index (χ1v) is 21.2. The van der Waals surface area contributed by atoms with Gasteiger partial charge in [-0.2, -0.15) is 0 Å². The Morgan fingerprint density at radius 1 is 0.879 bits per heavy atom. The molecule has 2 aliphatic carbocycles. The van der Waals surface area contributed by atoms with Crippen LogP contribution >= 0.6 is 0 Å². The number of rotatable bonds is 7. The predicted molar refractivity (Wildman–Crippen MR) is 217 cm³/mol. The minimum Gasteiger partial charge on any atom is -0.496 e. The largest absolute Gasteiger partial charge is 0.496 e. The van der Waals surface area contributed by atoms with Crippen LogP contribution in [0.15, 0.2) is 53.5 Å². The second-order valence-electron chi connectivity index (χ2n) is 18.5. The summed E-state index contributed by atoms with van der Waals surface area (Å²) in [7, 11) is 6.30. The summed E-state index contributed by atoms with van der Waals surface area (Å²) >= 11 is 0. The Morgan fingerprint density at radius 3 is 2.34 bits per heavy atom. The molecule has 0 bridgehead atoms. The van der Waals surface area contributed by atoms with Crippen molar-refractivity contribution in [2.75, 3.05) is 59.5 Å². The van der Waals surface area contributed by atoms with E-state index < -0.39 is 51.3 Å². The molecule has 10 rings (SSSR count). The number of benzene rings is 2. The molecule has 0 radical (unpaired) electrons. The van der Waals surface area contributed by atoms with Crippen molar-refractivity contribution in [3.63, 3.8) is 0 Å². The quantitative estimate of drug-likeness (QED) is 0.237. The molecule has 0 unspecified atom stereocenters. The molecule has 2 saturated carbocycles. The van der Waals surface area contributed by atoms with E-state index in [1.54, 1.807) is 7.11 Å². The van der Waals surface area contributed by atoms with Crippen LogP contribution in [0, 0.1) is 10.8 Å². The average molecular weight is 793 g/mol. The summed E-state index contributed by atoms with van der Waals surface area (Å²) in [4.78, 5) is 55.5. The lowest BCUT2D eigenvalue weighted by atomic mass is 9.44.